The maximum absolute atomic E-state index is 12.3. The number of hydrogen-bond acceptors (Lipinski definition) is 3. The van der Waals surface area contributed by atoms with Gasteiger partial charge in [0, 0.05) is 31.7 Å². The molecule has 1 N–H and O–H groups in total. The molecule has 3 rings (SSSR count). The number of fused-ring (bicyclic) bond motifs is 1. The number of nitrogens with zero attached hydrogens (tertiary/aromatic N) is 1. The van der Waals surface area contributed by atoms with Crippen LogP contribution in [0.1, 0.15) is 23.0 Å². The number of carbonyl (C=O) groups excluding carboxylic acids is 1. The van der Waals surface area contributed by atoms with Crippen LogP contribution in [0.25, 0.3) is 0 Å². The van der Waals surface area contributed by atoms with Crippen LogP contribution in [0, 0.1) is 11.8 Å². The van der Waals surface area contributed by atoms with Gasteiger partial charge in [0.05, 0.1) is 6.26 Å². The van der Waals surface area contributed by atoms with E-state index in [1.807, 2.05) is 17.9 Å². The lowest BCUT2D eigenvalue weighted by Gasteiger charge is -2.16. The summed E-state index contributed by atoms with van der Waals surface area (Å²) in [5, 5.41) is 3.38. The first-order valence-corrected chi connectivity index (χ1v) is 6.36. The monoisotopic (exact) mass is 234 g/mol. The molecule has 17 heavy (non-hydrogen) atoms. The molecule has 2 saturated heterocycles. The number of hydrogen-bond donors (Lipinski definition) is 1. The van der Waals surface area contributed by atoms with Gasteiger partial charge in [-0.15, -0.1) is 0 Å². The molecule has 0 saturated carbocycles. The second-order valence-corrected chi connectivity index (χ2v) is 5.02. The van der Waals surface area contributed by atoms with E-state index >= 15 is 0 Å². The van der Waals surface area contributed by atoms with Crippen LogP contribution < -0.4 is 5.32 Å². The summed E-state index contributed by atoms with van der Waals surface area (Å²) in [6.45, 7) is 5.89. The van der Waals surface area contributed by atoms with E-state index in [4.69, 9.17) is 4.42 Å². The Bertz CT molecular complexity index is 415. The Morgan fingerprint density at radius 2 is 2.18 bits per heavy atom. The van der Waals surface area contributed by atoms with Gasteiger partial charge in [0.2, 0.25) is 0 Å². The summed E-state index contributed by atoms with van der Waals surface area (Å²) in [6.07, 6.45) is 2.46. The van der Waals surface area contributed by atoms with E-state index in [2.05, 4.69) is 5.32 Å². The van der Waals surface area contributed by atoms with Crippen molar-refractivity contribution < 1.29 is 9.21 Å². The Kier molecular flexibility index (Phi) is 2.67. The second-order valence-electron chi connectivity index (χ2n) is 5.02. The van der Waals surface area contributed by atoms with Gasteiger partial charge in [-0.3, -0.25) is 4.79 Å². The molecule has 92 valence electrons. The van der Waals surface area contributed by atoms with Crippen molar-refractivity contribution in [1.82, 2.24) is 10.2 Å². The normalized spacial score (nSPS) is 27.5. The van der Waals surface area contributed by atoms with Crippen LogP contribution >= 0.6 is 0 Å². The van der Waals surface area contributed by atoms with Crippen LogP contribution in [-0.4, -0.2) is 37.0 Å². The Balaban J connectivity index is 1.75. The van der Waals surface area contributed by atoms with Crippen molar-refractivity contribution >= 4 is 5.91 Å². The smallest absolute Gasteiger partial charge is 0.289 e. The largest absolute Gasteiger partial charge is 0.459 e. The molecule has 0 aliphatic carbocycles. The van der Waals surface area contributed by atoms with Crippen molar-refractivity contribution in [1.29, 1.82) is 0 Å². The summed E-state index contributed by atoms with van der Waals surface area (Å²) in [6, 6.07) is 1.89. The molecule has 1 aromatic rings. The van der Waals surface area contributed by atoms with Gasteiger partial charge in [0.25, 0.3) is 5.91 Å². The average Bonchev–Trinajstić information content (AvgIpc) is 3.02. The SMILES string of the molecule is CCc1ccoc1C(=O)N1CC2CNCC2C1. The van der Waals surface area contributed by atoms with Gasteiger partial charge in [-0.05, 0) is 24.3 Å². The molecule has 2 atom stereocenters. The Morgan fingerprint density at radius 1 is 1.47 bits per heavy atom. The topological polar surface area (TPSA) is 45.5 Å². The van der Waals surface area contributed by atoms with Crippen molar-refractivity contribution in [2.24, 2.45) is 11.8 Å². The standard InChI is InChI=1S/C13H18N2O2/c1-2-9-3-4-17-12(9)13(16)15-7-10-5-14-6-11(10)8-15/h3-4,10-11,14H,2,5-8H2,1H3. The van der Waals surface area contributed by atoms with Gasteiger partial charge >= 0.3 is 0 Å². The molecule has 2 aliphatic rings. The highest BCUT2D eigenvalue weighted by atomic mass is 16.3. The lowest BCUT2D eigenvalue weighted by atomic mass is 10.0. The Morgan fingerprint density at radius 3 is 2.82 bits per heavy atom. The Labute approximate surface area is 101 Å². The molecule has 3 heterocycles. The van der Waals surface area contributed by atoms with Crippen molar-refractivity contribution in [2.75, 3.05) is 26.2 Å². The fraction of sp³-hybridized carbons (Fsp3) is 0.615. The van der Waals surface area contributed by atoms with Crippen molar-refractivity contribution in [3.63, 3.8) is 0 Å². The van der Waals surface area contributed by atoms with Crippen molar-refractivity contribution in [2.45, 2.75) is 13.3 Å². The molecule has 2 fully saturated rings. The predicted octanol–water partition coefficient (Wildman–Crippen LogP) is 1.13. The van der Waals surface area contributed by atoms with Crippen molar-refractivity contribution in [3.05, 3.63) is 23.7 Å². The molecule has 0 radical (unpaired) electrons. The van der Waals surface area contributed by atoms with Gasteiger partial charge in [-0.1, -0.05) is 6.92 Å². The lowest BCUT2D eigenvalue weighted by molar-refractivity contribution is 0.0748. The second kappa shape index (κ2) is 4.18. The van der Waals surface area contributed by atoms with Crippen LogP contribution in [0.5, 0.6) is 0 Å². The fourth-order valence-corrected chi connectivity index (χ4v) is 2.97. The zero-order valence-corrected chi connectivity index (χ0v) is 10.1. The highest BCUT2D eigenvalue weighted by Gasteiger charge is 2.39. The highest BCUT2D eigenvalue weighted by Crippen LogP contribution is 2.28. The van der Waals surface area contributed by atoms with Gasteiger partial charge < -0.3 is 14.6 Å². The van der Waals surface area contributed by atoms with E-state index < -0.39 is 0 Å². The molecule has 0 aromatic carbocycles. The minimum atomic E-state index is 0.0706. The third kappa shape index (κ3) is 1.76. The van der Waals surface area contributed by atoms with E-state index in [1.165, 1.54) is 0 Å². The summed E-state index contributed by atoms with van der Waals surface area (Å²) in [5.41, 5.74) is 1.02. The summed E-state index contributed by atoms with van der Waals surface area (Å²) in [7, 11) is 0. The van der Waals surface area contributed by atoms with Gasteiger partial charge in [0.15, 0.2) is 5.76 Å². The van der Waals surface area contributed by atoms with Crippen LogP contribution in [0.2, 0.25) is 0 Å². The van der Waals surface area contributed by atoms with Crippen LogP contribution in [-0.2, 0) is 6.42 Å². The number of aryl methyl sites for hydroxylation is 1. The van der Waals surface area contributed by atoms with Gasteiger partial charge in [-0.2, -0.15) is 0 Å². The van der Waals surface area contributed by atoms with E-state index in [0.717, 1.165) is 38.2 Å². The number of amides is 1. The van der Waals surface area contributed by atoms with E-state index in [1.54, 1.807) is 6.26 Å². The third-order valence-electron chi connectivity index (χ3n) is 4.00. The maximum atomic E-state index is 12.3. The van der Waals surface area contributed by atoms with E-state index in [-0.39, 0.29) is 5.91 Å². The quantitative estimate of drug-likeness (QED) is 0.834. The zero-order valence-electron chi connectivity index (χ0n) is 10.1. The number of furan rings is 1. The summed E-state index contributed by atoms with van der Waals surface area (Å²) in [5.74, 6) is 1.89. The minimum absolute atomic E-state index is 0.0706. The first kappa shape index (κ1) is 10.8. The number of likely N-dealkylation sites (tertiary alicyclic amines) is 1. The molecule has 4 nitrogen and oxygen atoms in total. The summed E-state index contributed by atoms with van der Waals surface area (Å²) in [4.78, 5) is 14.3. The average molecular weight is 234 g/mol. The maximum Gasteiger partial charge on any atom is 0.289 e. The number of carbonyl (C=O) groups is 1. The van der Waals surface area contributed by atoms with E-state index in [9.17, 15) is 4.79 Å². The highest BCUT2D eigenvalue weighted by molar-refractivity contribution is 5.93. The molecular weight excluding hydrogens is 216 g/mol. The van der Waals surface area contributed by atoms with Crippen molar-refractivity contribution in [3.8, 4) is 0 Å². The summed E-state index contributed by atoms with van der Waals surface area (Å²) < 4.78 is 5.35. The summed E-state index contributed by atoms with van der Waals surface area (Å²) >= 11 is 0. The molecule has 0 spiro atoms. The molecule has 1 aromatic heterocycles. The van der Waals surface area contributed by atoms with Crippen LogP contribution in [0.4, 0.5) is 0 Å². The molecule has 1 amide bonds. The lowest BCUT2D eigenvalue weighted by Crippen LogP contribution is -2.32. The molecule has 2 aliphatic heterocycles. The molecule has 2 unspecified atom stereocenters. The molecule has 4 heteroatoms. The van der Waals surface area contributed by atoms with Gasteiger partial charge in [0.1, 0.15) is 0 Å². The zero-order chi connectivity index (χ0) is 11.8. The van der Waals surface area contributed by atoms with Crippen LogP contribution in [0.3, 0.4) is 0 Å². The first-order valence-electron chi connectivity index (χ1n) is 6.36. The van der Waals surface area contributed by atoms with E-state index in [0.29, 0.717) is 17.6 Å². The first-order chi connectivity index (χ1) is 8.29. The fourth-order valence-electron chi connectivity index (χ4n) is 2.97. The molecule has 0 bridgehead atoms. The predicted molar refractivity (Wildman–Crippen MR) is 63.8 cm³/mol. The Hall–Kier alpha value is -1.29. The molecular formula is C13H18N2O2. The third-order valence-corrected chi connectivity index (χ3v) is 4.00. The van der Waals surface area contributed by atoms with Crippen LogP contribution in [0.15, 0.2) is 16.7 Å². The minimum Gasteiger partial charge on any atom is -0.459 e. The number of rotatable bonds is 2. The number of nitrogens with one attached hydrogen (secondary N) is 1. The van der Waals surface area contributed by atoms with Gasteiger partial charge in [-0.25, -0.2) is 0 Å².